The third-order valence-corrected chi connectivity index (χ3v) is 5.26. The van der Waals surface area contributed by atoms with Gasteiger partial charge >= 0.3 is 0 Å². The second-order valence-electron chi connectivity index (χ2n) is 5.78. The highest BCUT2D eigenvalue weighted by Gasteiger charge is 2.37. The molecule has 7 nitrogen and oxygen atoms in total. The second kappa shape index (κ2) is 5.93. The number of aromatic nitrogens is 1. The molecule has 0 aliphatic carbocycles. The minimum absolute atomic E-state index is 0.317. The molecule has 0 bridgehead atoms. The molecule has 1 saturated heterocycles. The van der Waals surface area contributed by atoms with Crippen LogP contribution < -0.4 is 5.32 Å². The van der Waals surface area contributed by atoms with E-state index in [4.69, 9.17) is 4.42 Å². The van der Waals surface area contributed by atoms with Gasteiger partial charge in [-0.05, 0) is 31.9 Å². The number of nitrogens with one attached hydrogen (secondary N) is 1. The van der Waals surface area contributed by atoms with E-state index in [0.29, 0.717) is 30.9 Å². The van der Waals surface area contributed by atoms with Gasteiger partial charge in [-0.15, -0.1) is 0 Å². The van der Waals surface area contributed by atoms with E-state index in [-0.39, 0.29) is 5.91 Å². The summed E-state index contributed by atoms with van der Waals surface area (Å²) in [7, 11) is -3.38. The summed E-state index contributed by atoms with van der Waals surface area (Å²) < 4.78 is 30.4. The Kier molecular flexibility index (Phi) is 4.11. The topological polar surface area (TPSA) is 92.5 Å². The molecule has 1 fully saturated rings. The second-order valence-corrected chi connectivity index (χ2v) is 7.72. The van der Waals surface area contributed by atoms with Gasteiger partial charge in [-0.3, -0.25) is 4.79 Å². The molecule has 1 aromatic heterocycles. The van der Waals surface area contributed by atoms with E-state index in [2.05, 4.69) is 10.3 Å². The van der Waals surface area contributed by atoms with Crippen molar-refractivity contribution in [1.82, 2.24) is 14.6 Å². The normalized spacial score (nSPS) is 20.7. The third-order valence-electron chi connectivity index (χ3n) is 3.97. The molecule has 23 heavy (non-hydrogen) atoms. The summed E-state index contributed by atoms with van der Waals surface area (Å²) >= 11 is 0. The first kappa shape index (κ1) is 15.9. The van der Waals surface area contributed by atoms with Gasteiger partial charge in [-0.1, -0.05) is 12.1 Å². The average Bonchev–Trinajstić information content (AvgIpc) is 3.13. The van der Waals surface area contributed by atoms with Crippen LogP contribution in [0.3, 0.4) is 0 Å². The van der Waals surface area contributed by atoms with E-state index >= 15 is 0 Å². The number of sulfonamides is 1. The van der Waals surface area contributed by atoms with Crippen molar-refractivity contribution in [2.75, 3.05) is 12.8 Å². The average molecular weight is 337 g/mol. The van der Waals surface area contributed by atoms with Crippen LogP contribution >= 0.6 is 0 Å². The lowest BCUT2D eigenvalue weighted by Gasteiger charge is -2.22. The molecule has 1 aliphatic heterocycles. The zero-order valence-electron chi connectivity index (χ0n) is 13.0. The first-order valence-corrected chi connectivity index (χ1v) is 9.34. The molecule has 0 radical (unpaired) electrons. The Balaban J connectivity index is 1.74. The maximum absolute atomic E-state index is 12.4. The SMILES string of the molecule is CC(NC(=O)C1CCCN1S(C)(=O)=O)c1nc2ccccc2o1. The Bertz CT molecular complexity index is 797. The molecule has 2 unspecified atom stereocenters. The fraction of sp³-hybridized carbons (Fsp3) is 0.467. The van der Waals surface area contributed by atoms with Crippen molar-refractivity contribution in [3.05, 3.63) is 30.2 Å². The van der Waals surface area contributed by atoms with E-state index in [1.807, 2.05) is 24.3 Å². The molecule has 1 N–H and O–H groups in total. The number of rotatable bonds is 4. The van der Waals surface area contributed by atoms with Gasteiger partial charge in [0.05, 0.1) is 6.26 Å². The number of hydrogen-bond acceptors (Lipinski definition) is 5. The van der Waals surface area contributed by atoms with Crippen molar-refractivity contribution in [3.63, 3.8) is 0 Å². The molecule has 1 amide bonds. The van der Waals surface area contributed by atoms with Gasteiger partial charge in [0, 0.05) is 6.54 Å². The first-order chi connectivity index (χ1) is 10.9. The molecule has 2 heterocycles. The summed E-state index contributed by atoms with van der Waals surface area (Å²) in [6.45, 7) is 2.15. The Hall–Kier alpha value is -1.93. The van der Waals surface area contributed by atoms with Gasteiger partial charge in [0.1, 0.15) is 17.6 Å². The largest absolute Gasteiger partial charge is 0.438 e. The Morgan fingerprint density at radius 1 is 1.43 bits per heavy atom. The van der Waals surface area contributed by atoms with Crippen molar-refractivity contribution < 1.29 is 17.6 Å². The van der Waals surface area contributed by atoms with Crippen molar-refractivity contribution >= 4 is 27.0 Å². The molecule has 0 spiro atoms. The van der Waals surface area contributed by atoms with Gasteiger partial charge in [-0.25, -0.2) is 13.4 Å². The summed E-state index contributed by atoms with van der Waals surface area (Å²) in [5.41, 5.74) is 1.38. The third kappa shape index (κ3) is 3.23. The van der Waals surface area contributed by atoms with Gasteiger partial charge in [0.15, 0.2) is 5.58 Å². The minimum atomic E-state index is -3.38. The molecule has 2 atom stereocenters. The maximum Gasteiger partial charge on any atom is 0.239 e. The van der Waals surface area contributed by atoms with Crippen LogP contribution in [0.4, 0.5) is 0 Å². The number of benzene rings is 1. The fourth-order valence-electron chi connectivity index (χ4n) is 2.85. The lowest BCUT2D eigenvalue weighted by molar-refractivity contribution is -0.125. The zero-order chi connectivity index (χ0) is 16.6. The summed E-state index contributed by atoms with van der Waals surface area (Å²) in [5.74, 6) is 0.0890. The van der Waals surface area contributed by atoms with Crippen molar-refractivity contribution in [3.8, 4) is 0 Å². The molecule has 2 aromatic rings. The van der Waals surface area contributed by atoms with E-state index in [0.717, 1.165) is 11.8 Å². The van der Waals surface area contributed by atoms with Crippen LogP contribution in [0, 0.1) is 0 Å². The molecule has 124 valence electrons. The van der Waals surface area contributed by atoms with Crippen molar-refractivity contribution in [2.24, 2.45) is 0 Å². The van der Waals surface area contributed by atoms with Crippen LogP contribution in [0.5, 0.6) is 0 Å². The van der Waals surface area contributed by atoms with Gasteiger partial charge in [0.25, 0.3) is 0 Å². The van der Waals surface area contributed by atoms with Crippen LogP contribution in [0.2, 0.25) is 0 Å². The number of amides is 1. The molecule has 0 saturated carbocycles. The maximum atomic E-state index is 12.4. The first-order valence-electron chi connectivity index (χ1n) is 7.49. The smallest absolute Gasteiger partial charge is 0.239 e. The molecule has 3 rings (SSSR count). The summed E-state index contributed by atoms with van der Waals surface area (Å²) in [6.07, 6.45) is 2.34. The Morgan fingerprint density at radius 3 is 2.87 bits per heavy atom. The Morgan fingerprint density at radius 2 is 2.17 bits per heavy atom. The number of oxazole rings is 1. The predicted molar refractivity (Wildman–Crippen MR) is 85.1 cm³/mol. The molecular weight excluding hydrogens is 318 g/mol. The number of para-hydroxylation sites is 2. The molecule has 1 aliphatic rings. The number of carbonyl (C=O) groups excluding carboxylic acids is 1. The van der Waals surface area contributed by atoms with E-state index < -0.39 is 22.1 Å². The van der Waals surface area contributed by atoms with Crippen LogP contribution in [-0.2, 0) is 14.8 Å². The molecular formula is C15H19N3O4S. The highest BCUT2D eigenvalue weighted by Crippen LogP contribution is 2.23. The van der Waals surface area contributed by atoms with Crippen LogP contribution in [0.1, 0.15) is 31.7 Å². The standard InChI is InChI=1S/C15H19N3O4S/c1-10(15-17-11-6-3-4-8-13(11)22-15)16-14(19)12-7-5-9-18(12)23(2,20)21/h3-4,6,8,10,12H,5,7,9H2,1-2H3,(H,16,19). The van der Waals surface area contributed by atoms with Crippen LogP contribution in [0.15, 0.2) is 28.7 Å². The van der Waals surface area contributed by atoms with Crippen molar-refractivity contribution in [1.29, 1.82) is 0 Å². The fourth-order valence-corrected chi connectivity index (χ4v) is 3.97. The monoisotopic (exact) mass is 337 g/mol. The van der Waals surface area contributed by atoms with Gasteiger partial charge in [-0.2, -0.15) is 4.31 Å². The summed E-state index contributed by atoms with van der Waals surface area (Å²) in [5, 5.41) is 2.80. The summed E-state index contributed by atoms with van der Waals surface area (Å²) in [4.78, 5) is 16.8. The van der Waals surface area contributed by atoms with E-state index in [1.165, 1.54) is 4.31 Å². The van der Waals surface area contributed by atoms with Crippen molar-refractivity contribution in [2.45, 2.75) is 31.8 Å². The molecule has 8 heteroatoms. The Labute approximate surface area is 134 Å². The zero-order valence-corrected chi connectivity index (χ0v) is 13.8. The quantitative estimate of drug-likeness (QED) is 0.911. The summed E-state index contributed by atoms with van der Waals surface area (Å²) in [6, 6.07) is 6.26. The van der Waals surface area contributed by atoms with Gasteiger partial charge in [0.2, 0.25) is 21.8 Å². The minimum Gasteiger partial charge on any atom is -0.438 e. The highest BCUT2D eigenvalue weighted by molar-refractivity contribution is 7.88. The number of fused-ring (bicyclic) bond motifs is 1. The number of hydrogen-bond donors (Lipinski definition) is 1. The van der Waals surface area contributed by atoms with E-state index in [1.54, 1.807) is 6.92 Å². The highest BCUT2D eigenvalue weighted by atomic mass is 32.2. The van der Waals surface area contributed by atoms with Gasteiger partial charge < -0.3 is 9.73 Å². The lowest BCUT2D eigenvalue weighted by atomic mass is 10.2. The van der Waals surface area contributed by atoms with Crippen LogP contribution in [0.25, 0.3) is 11.1 Å². The van der Waals surface area contributed by atoms with E-state index in [9.17, 15) is 13.2 Å². The number of nitrogens with zero attached hydrogens (tertiary/aromatic N) is 2. The van der Waals surface area contributed by atoms with Crippen LogP contribution in [-0.4, -0.2) is 42.5 Å². The molecule has 1 aromatic carbocycles. The lowest BCUT2D eigenvalue weighted by Crippen LogP contribution is -2.46. The predicted octanol–water partition coefficient (Wildman–Crippen LogP) is 1.43. The number of carbonyl (C=O) groups is 1.